The normalized spacial score (nSPS) is 11.5. The molecule has 66 valence electrons. The van der Waals surface area contributed by atoms with E-state index in [4.69, 9.17) is 5.11 Å². The number of aromatic amines is 1. The second-order valence-corrected chi connectivity index (χ2v) is 4.42. The molecule has 4 nitrogen and oxygen atoms in total. The monoisotopic (exact) mass is 186 g/mol. The van der Waals surface area contributed by atoms with E-state index in [1.54, 1.807) is 26.2 Å². The van der Waals surface area contributed by atoms with Crippen LogP contribution in [0, 0.1) is 0 Å². The van der Waals surface area contributed by atoms with Gasteiger partial charge in [-0.15, -0.1) is 0 Å². The van der Waals surface area contributed by atoms with Crippen LogP contribution in [0.5, 0.6) is 0 Å². The fourth-order valence-corrected chi connectivity index (χ4v) is 1.40. The van der Waals surface area contributed by atoms with Crippen LogP contribution in [-0.2, 0) is 4.79 Å². The minimum atomic E-state index is -0.844. The van der Waals surface area contributed by atoms with Crippen molar-refractivity contribution in [2.24, 2.45) is 0 Å². The topological polar surface area (TPSA) is 66.0 Å². The molecule has 0 fully saturated rings. The van der Waals surface area contributed by atoms with Crippen molar-refractivity contribution in [1.82, 2.24) is 9.97 Å². The third kappa shape index (κ3) is 2.01. The first-order chi connectivity index (χ1) is 5.52. The summed E-state index contributed by atoms with van der Waals surface area (Å²) < 4.78 is -0.835. The zero-order valence-electron chi connectivity index (χ0n) is 6.87. The van der Waals surface area contributed by atoms with E-state index in [0.717, 1.165) is 0 Å². The molecule has 0 aliphatic heterocycles. The largest absolute Gasteiger partial charge is 0.480 e. The Balaban J connectivity index is 2.69. The number of nitrogens with one attached hydrogen (secondary N) is 1. The summed E-state index contributed by atoms with van der Waals surface area (Å²) in [4.78, 5) is 17.4. The number of hydrogen-bond donors (Lipinski definition) is 2. The molecule has 0 aliphatic rings. The molecule has 0 radical (unpaired) electrons. The van der Waals surface area contributed by atoms with Gasteiger partial charge < -0.3 is 10.1 Å². The van der Waals surface area contributed by atoms with E-state index < -0.39 is 10.7 Å². The number of aliphatic carboxylic acids is 1. The summed E-state index contributed by atoms with van der Waals surface area (Å²) in [5, 5.41) is 9.40. The minimum absolute atomic E-state index is 0.627. The van der Waals surface area contributed by atoms with Crippen LogP contribution in [0.15, 0.2) is 17.6 Å². The lowest BCUT2D eigenvalue weighted by atomic mass is 10.2. The van der Waals surface area contributed by atoms with Gasteiger partial charge in [-0.1, -0.05) is 11.8 Å². The number of imidazole rings is 1. The predicted octanol–water partition coefficient (Wildman–Crippen LogP) is 1.36. The molecule has 12 heavy (non-hydrogen) atoms. The molecule has 1 aromatic heterocycles. The Morgan fingerprint density at radius 2 is 2.42 bits per heavy atom. The minimum Gasteiger partial charge on any atom is -0.480 e. The van der Waals surface area contributed by atoms with Crippen LogP contribution in [0.3, 0.4) is 0 Å². The first-order valence-corrected chi connectivity index (χ1v) is 4.26. The van der Waals surface area contributed by atoms with E-state index in [1.165, 1.54) is 11.8 Å². The summed E-state index contributed by atoms with van der Waals surface area (Å²) in [6, 6.07) is 0. The van der Waals surface area contributed by atoms with Crippen molar-refractivity contribution in [3.05, 3.63) is 12.4 Å². The maximum absolute atomic E-state index is 10.7. The highest BCUT2D eigenvalue weighted by atomic mass is 32.2. The maximum atomic E-state index is 10.7. The Labute approximate surface area is 74.4 Å². The molecule has 1 rings (SSSR count). The predicted molar refractivity (Wildman–Crippen MR) is 46.2 cm³/mol. The van der Waals surface area contributed by atoms with Crippen LogP contribution >= 0.6 is 11.8 Å². The average Bonchev–Trinajstić information content (AvgIpc) is 2.38. The third-order valence-corrected chi connectivity index (χ3v) is 2.44. The Morgan fingerprint density at radius 3 is 2.83 bits per heavy atom. The smallest absolute Gasteiger partial charge is 0.319 e. The average molecular weight is 186 g/mol. The van der Waals surface area contributed by atoms with Gasteiger partial charge in [0.25, 0.3) is 0 Å². The van der Waals surface area contributed by atoms with E-state index in [2.05, 4.69) is 9.97 Å². The van der Waals surface area contributed by atoms with Gasteiger partial charge in [0.15, 0.2) is 5.16 Å². The fraction of sp³-hybridized carbons (Fsp3) is 0.429. The van der Waals surface area contributed by atoms with Crippen LogP contribution in [0.4, 0.5) is 0 Å². The molecule has 1 heterocycles. The summed E-state index contributed by atoms with van der Waals surface area (Å²) in [5.74, 6) is -0.844. The van der Waals surface area contributed by atoms with E-state index in [1.807, 2.05) is 0 Å². The van der Waals surface area contributed by atoms with Gasteiger partial charge in [-0.05, 0) is 13.8 Å². The number of nitrogens with zero attached hydrogens (tertiary/aromatic N) is 1. The molecule has 0 unspecified atom stereocenters. The highest BCUT2D eigenvalue weighted by Crippen LogP contribution is 2.29. The maximum Gasteiger partial charge on any atom is 0.319 e. The molecule has 0 spiro atoms. The number of carbonyl (C=O) groups is 1. The first-order valence-electron chi connectivity index (χ1n) is 3.44. The summed E-state index contributed by atoms with van der Waals surface area (Å²) in [6.07, 6.45) is 3.26. The Hall–Kier alpha value is -0.970. The molecular formula is C7H10N2O2S. The van der Waals surface area contributed by atoms with Gasteiger partial charge in [0.1, 0.15) is 4.75 Å². The number of aromatic nitrogens is 2. The third-order valence-electron chi connectivity index (χ3n) is 1.34. The molecule has 0 saturated heterocycles. The zero-order chi connectivity index (χ0) is 9.19. The molecule has 0 amide bonds. The molecular weight excluding hydrogens is 176 g/mol. The number of hydrogen-bond acceptors (Lipinski definition) is 3. The molecule has 0 atom stereocenters. The lowest BCUT2D eigenvalue weighted by Gasteiger charge is -2.15. The van der Waals surface area contributed by atoms with Gasteiger partial charge in [0.2, 0.25) is 0 Å². The van der Waals surface area contributed by atoms with Crippen molar-refractivity contribution in [3.8, 4) is 0 Å². The van der Waals surface area contributed by atoms with E-state index in [0.29, 0.717) is 5.16 Å². The SMILES string of the molecule is CC(C)(Sc1ncc[nH]1)C(=O)O. The van der Waals surface area contributed by atoms with Crippen molar-refractivity contribution in [3.63, 3.8) is 0 Å². The molecule has 2 N–H and O–H groups in total. The number of H-pyrrole nitrogens is 1. The standard InChI is InChI=1S/C7H10N2O2S/c1-7(2,5(10)11)12-6-8-3-4-9-6/h3-4H,1-2H3,(H,8,9)(H,10,11). The number of thioether (sulfide) groups is 1. The van der Waals surface area contributed by atoms with Crippen LogP contribution in [0.25, 0.3) is 0 Å². The van der Waals surface area contributed by atoms with Gasteiger partial charge in [-0.3, -0.25) is 4.79 Å². The van der Waals surface area contributed by atoms with Crippen LogP contribution in [-0.4, -0.2) is 25.8 Å². The lowest BCUT2D eigenvalue weighted by Crippen LogP contribution is -2.27. The fourth-order valence-electron chi connectivity index (χ4n) is 0.592. The second kappa shape index (κ2) is 3.18. The first kappa shape index (κ1) is 9.12. The van der Waals surface area contributed by atoms with Crippen molar-refractivity contribution in [2.45, 2.75) is 23.8 Å². The van der Waals surface area contributed by atoms with Gasteiger partial charge >= 0.3 is 5.97 Å². The summed E-state index contributed by atoms with van der Waals surface area (Å²) in [6.45, 7) is 3.28. The van der Waals surface area contributed by atoms with Crippen molar-refractivity contribution in [1.29, 1.82) is 0 Å². The second-order valence-electron chi connectivity index (χ2n) is 2.81. The highest BCUT2D eigenvalue weighted by molar-refractivity contribution is 8.01. The quantitative estimate of drug-likeness (QED) is 0.699. The van der Waals surface area contributed by atoms with Crippen molar-refractivity contribution >= 4 is 17.7 Å². The molecule has 0 aliphatic carbocycles. The molecule has 0 bridgehead atoms. The summed E-state index contributed by atoms with van der Waals surface area (Å²) >= 11 is 1.19. The van der Waals surface area contributed by atoms with Crippen LogP contribution in [0.1, 0.15) is 13.8 Å². The van der Waals surface area contributed by atoms with Gasteiger partial charge in [0.05, 0.1) is 0 Å². The molecule has 5 heteroatoms. The van der Waals surface area contributed by atoms with Crippen molar-refractivity contribution in [2.75, 3.05) is 0 Å². The number of carboxylic acids is 1. The zero-order valence-corrected chi connectivity index (χ0v) is 7.68. The summed E-state index contributed by atoms with van der Waals surface area (Å²) in [5.41, 5.74) is 0. The van der Waals surface area contributed by atoms with Crippen molar-refractivity contribution < 1.29 is 9.90 Å². The van der Waals surface area contributed by atoms with E-state index in [9.17, 15) is 4.79 Å². The lowest BCUT2D eigenvalue weighted by molar-refractivity contribution is -0.138. The van der Waals surface area contributed by atoms with E-state index in [-0.39, 0.29) is 0 Å². The van der Waals surface area contributed by atoms with Gasteiger partial charge in [-0.2, -0.15) is 0 Å². The molecule has 0 aromatic carbocycles. The molecule has 0 saturated carbocycles. The van der Waals surface area contributed by atoms with Crippen LogP contribution < -0.4 is 0 Å². The Kier molecular flexibility index (Phi) is 2.42. The van der Waals surface area contributed by atoms with Gasteiger partial charge in [0, 0.05) is 12.4 Å². The number of carboxylic acid groups (broad SMARTS) is 1. The summed E-state index contributed by atoms with van der Waals surface area (Å²) in [7, 11) is 0. The number of rotatable bonds is 3. The van der Waals surface area contributed by atoms with E-state index >= 15 is 0 Å². The highest BCUT2D eigenvalue weighted by Gasteiger charge is 2.29. The van der Waals surface area contributed by atoms with Gasteiger partial charge in [-0.25, -0.2) is 4.98 Å². The van der Waals surface area contributed by atoms with Crippen LogP contribution in [0.2, 0.25) is 0 Å². The molecule has 1 aromatic rings. The Bertz CT molecular complexity index is 269. The Morgan fingerprint density at radius 1 is 1.75 bits per heavy atom.